The van der Waals surface area contributed by atoms with Gasteiger partial charge in [-0.05, 0) is 89.0 Å². The largest absolute Gasteiger partial charge is 0.508 e. The summed E-state index contributed by atoms with van der Waals surface area (Å²) in [5.41, 5.74) is 4.18. The summed E-state index contributed by atoms with van der Waals surface area (Å²) in [6.45, 7) is 13.3. The number of benzene rings is 2. The number of carbonyl (C=O) groups is 1. The molecule has 2 aromatic carbocycles. The maximum Gasteiger partial charge on any atom is 0.261 e. The molecular weight excluding hydrogens is 588 g/mol. The van der Waals surface area contributed by atoms with E-state index in [1.807, 2.05) is 49.4 Å². The Bertz CT molecular complexity index is 1530. The predicted octanol–water partition coefficient (Wildman–Crippen LogP) is 5.78. The molecule has 2 unspecified atom stereocenters. The minimum absolute atomic E-state index is 0.0800. The number of rotatable bonds is 13. The van der Waals surface area contributed by atoms with Crippen molar-refractivity contribution in [1.29, 1.82) is 0 Å². The van der Waals surface area contributed by atoms with Gasteiger partial charge in [-0.2, -0.15) is 0 Å². The monoisotopic (exact) mass is 640 g/mol. The number of hydrogen-bond donors (Lipinski definition) is 2. The van der Waals surface area contributed by atoms with Gasteiger partial charge < -0.3 is 25.1 Å². The Labute approximate surface area is 280 Å². The van der Waals surface area contributed by atoms with Crippen LogP contribution in [0.2, 0.25) is 0 Å². The SMILES string of the molecule is CCNc1ncc(C(=O)N(CCC(C)CC)c2cccc(N3C=NC(CN4CCC(c5cccc(O)c5)(N(C)C)CC4)C3)c2)c(C)n1. The van der Waals surface area contributed by atoms with Crippen molar-refractivity contribution < 1.29 is 9.90 Å². The van der Waals surface area contributed by atoms with Crippen LogP contribution in [-0.2, 0) is 5.54 Å². The number of nitrogens with zero attached hydrogens (tertiary/aromatic N) is 7. The van der Waals surface area contributed by atoms with Gasteiger partial charge in [0.25, 0.3) is 5.91 Å². The number of anilines is 3. The summed E-state index contributed by atoms with van der Waals surface area (Å²) in [4.78, 5) is 36.8. The first-order valence-corrected chi connectivity index (χ1v) is 17.1. The first kappa shape index (κ1) is 34.3. The number of likely N-dealkylation sites (tertiary alicyclic amines) is 1. The molecule has 0 spiro atoms. The number of aryl methyl sites for hydroxylation is 1. The van der Waals surface area contributed by atoms with Crippen LogP contribution in [0.3, 0.4) is 0 Å². The van der Waals surface area contributed by atoms with Crippen LogP contribution >= 0.6 is 0 Å². The number of carbonyl (C=O) groups excluding carboxylic acids is 1. The summed E-state index contributed by atoms with van der Waals surface area (Å²) in [6.07, 6.45) is 7.56. The zero-order valence-electron chi connectivity index (χ0n) is 29.0. The van der Waals surface area contributed by atoms with Gasteiger partial charge in [0, 0.05) is 62.4 Å². The molecule has 1 amide bonds. The van der Waals surface area contributed by atoms with Crippen molar-refractivity contribution in [3.8, 4) is 5.75 Å². The van der Waals surface area contributed by atoms with Gasteiger partial charge in [0.15, 0.2) is 0 Å². The Morgan fingerprint density at radius 1 is 1.13 bits per heavy atom. The Kier molecular flexibility index (Phi) is 11.1. The lowest BCUT2D eigenvalue weighted by atomic mass is 9.79. The lowest BCUT2D eigenvalue weighted by Crippen LogP contribution is -2.51. The van der Waals surface area contributed by atoms with Crippen LogP contribution in [-0.4, -0.2) is 96.5 Å². The van der Waals surface area contributed by atoms with E-state index >= 15 is 0 Å². The second-order valence-corrected chi connectivity index (χ2v) is 13.3. The quantitative estimate of drug-likeness (QED) is 0.243. The molecule has 0 bridgehead atoms. The highest BCUT2D eigenvalue weighted by molar-refractivity contribution is 6.07. The topological polar surface area (TPSA) is 100 Å². The number of hydrogen-bond acceptors (Lipinski definition) is 9. The van der Waals surface area contributed by atoms with Gasteiger partial charge in [0.2, 0.25) is 5.95 Å². The van der Waals surface area contributed by atoms with Gasteiger partial charge in [0.1, 0.15) is 5.75 Å². The zero-order valence-corrected chi connectivity index (χ0v) is 29.0. The standard InChI is InChI=1S/C37H52N8O2/c1-7-27(3)15-18-45(35(47)34-23-39-36(38-8-2)41-28(34)4)32-13-10-12-31(22-32)44-25-30(40-26-44)24-43-19-16-37(17-20-43,42(5)6)29-11-9-14-33(46)21-29/h9-14,21-23,26-27,30,46H,7-8,15-20,24-25H2,1-6H3,(H,38,39,41). The number of piperidine rings is 1. The Morgan fingerprint density at radius 3 is 2.57 bits per heavy atom. The van der Waals surface area contributed by atoms with E-state index < -0.39 is 0 Å². The molecule has 5 rings (SSSR count). The molecule has 0 radical (unpaired) electrons. The van der Waals surface area contributed by atoms with Crippen molar-refractivity contribution in [3.05, 3.63) is 71.5 Å². The highest BCUT2D eigenvalue weighted by Crippen LogP contribution is 2.38. The number of nitrogens with one attached hydrogen (secondary N) is 1. The molecule has 252 valence electrons. The van der Waals surface area contributed by atoms with Crippen LogP contribution < -0.4 is 15.1 Å². The van der Waals surface area contributed by atoms with Gasteiger partial charge in [-0.15, -0.1) is 0 Å². The van der Waals surface area contributed by atoms with E-state index in [1.165, 1.54) is 5.56 Å². The van der Waals surface area contributed by atoms with Crippen LogP contribution in [0.25, 0.3) is 0 Å². The first-order valence-electron chi connectivity index (χ1n) is 17.1. The Hall–Kier alpha value is -4.02. The third-order valence-electron chi connectivity index (χ3n) is 10.0. The maximum atomic E-state index is 14.0. The van der Waals surface area contributed by atoms with Gasteiger partial charge >= 0.3 is 0 Å². The number of aliphatic imine (C=N–C) groups is 1. The summed E-state index contributed by atoms with van der Waals surface area (Å²) in [7, 11) is 4.28. The molecule has 10 nitrogen and oxygen atoms in total. The fourth-order valence-electron chi connectivity index (χ4n) is 6.77. The van der Waals surface area contributed by atoms with Crippen molar-refractivity contribution in [1.82, 2.24) is 19.8 Å². The average Bonchev–Trinajstić information content (AvgIpc) is 3.54. The van der Waals surface area contributed by atoms with E-state index in [0.29, 0.717) is 35.4 Å². The van der Waals surface area contributed by atoms with E-state index in [-0.39, 0.29) is 17.5 Å². The second-order valence-electron chi connectivity index (χ2n) is 13.3. The summed E-state index contributed by atoms with van der Waals surface area (Å²) in [5, 5.41) is 13.3. The molecule has 3 aromatic rings. The van der Waals surface area contributed by atoms with Crippen molar-refractivity contribution in [2.24, 2.45) is 10.9 Å². The van der Waals surface area contributed by atoms with E-state index in [1.54, 1.807) is 12.3 Å². The molecule has 3 heterocycles. The van der Waals surface area contributed by atoms with Crippen molar-refractivity contribution in [2.45, 2.75) is 65.0 Å². The lowest BCUT2D eigenvalue weighted by molar-refractivity contribution is 0.0520. The number of amides is 1. The molecule has 1 saturated heterocycles. The molecule has 2 N–H and O–H groups in total. The minimum Gasteiger partial charge on any atom is -0.508 e. The van der Waals surface area contributed by atoms with Crippen molar-refractivity contribution in [2.75, 3.05) is 68.5 Å². The number of phenolic OH excluding ortho intramolecular Hbond substituents is 1. The lowest BCUT2D eigenvalue weighted by Gasteiger charge is -2.47. The predicted molar refractivity (Wildman–Crippen MR) is 192 cm³/mol. The summed E-state index contributed by atoms with van der Waals surface area (Å²) < 4.78 is 0. The molecule has 10 heteroatoms. The van der Waals surface area contributed by atoms with Crippen molar-refractivity contribution >= 4 is 29.6 Å². The number of aromatic hydroxyl groups is 1. The van der Waals surface area contributed by atoms with Crippen LogP contribution in [0.1, 0.15) is 68.1 Å². The second kappa shape index (κ2) is 15.3. The van der Waals surface area contributed by atoms with Crippen LogP contribution in [0, 0.1) is 12.8 Å². The smallest absolute Gasteiger partial charge is 0.261 e. The molecule has 1 fully saturated rings. The van der Waals surface area contributed by atoms with Gasteiger partial charge in [-0.25, -0.2) is 9.97 Å². The van der Waals surface area contributed by atoms with E-state index in [9.17, 15) is 9.90 Å². The van der Waals surface area contributed by atoms with Crippen LogP contribution in [0.15, 0.2) is 59.7 Å². The van der Waals surface area contributed by atoms with E-state index in [2.05, 4.69) is 76.1 Å². The van der Waals surface area contributed by atoms with Crippen molar-refractivity contribution in [3.63, 3.8) is 0 Å². The average molecular weight is 641 g/mol. The van der Waals surface area contributed by atoms with E-state index in [4.69, 9.17) is 4.99 Å². The molecule has 2 atom stereocenters. The Morgan fingerprint density at radius 2 is 1.89 bits per heavy atom. The molecule has 1 aromatic heterocycles. The third kappa shape index (κ3) is 7.93. The molecule has 2 aliphatic rings. The molecule has 47 heavy (non-hydrogen) atoms. The fraction of sp³-hybridized carbons (Fsp3) is 0.514. The molecule has 2 aliphatic heterocycles. The maximum absolute atomic E-state index is 14.0. The number of phenols is 1. The van der Waals surface area contributed by atoms with E-state index in [0.717, 1.165) is 69.8 Å². The highest BCUT2D eigenvalue weighted by Gasteiger charge is 2.39. The normalized spacial score (nSPS) is 18.4. The summed E-state index contributed by atoms with van der Waals surface area (Å²) in [6, 6.07) is 16.1. The minimum atomic E-state index is -0.0853. The molecular formula is C37H52N8O2. The zero-order chi connectivity index (χ0) is 33.6. The summed E-state index contributed by atoms with van der Waals surface area (Å²) in [5.74, 6) is 1.28. The molecule has 0 aliphatic carbocycles. The van der Waals surface area contributed by atoms with Crippen LogP contribution in [0.4, 0.5) is 17.3 Å². The first-order chi connectivity index (χ1) is 22.6. The van der Waals surface area contributed by atoms with Crippen LogP contribution in [0.5, 0.6) is 5.75 Å². The van der Waals surface area contributed by atoms with Gasteiger partial charge in [-0.1, -0.05) is 38.5 Å². The number of aromatic nitrogens is 2. The van der Waals surface area contributed by atoms with Gasteiger partial charge in [-0.3, -0.25) is 14.7 Å². The molecule has 0 saturated carbocycles. The third-order valence-corrected chi connectivity index (χ3v) is 10.0. The highest BCUT2D eigenvalue weighted by atomic mass is 16.3. The summed E-state index contributed by atoms with van der Waals surface area (Å²) >= 11 is 0. The Balaban J connectivity index is 1.26. The van der Waals surface area contributed by atoms with Gasteiger partial charge in [0.05, 0.1) is 23.6 Å². The fourth-order valence-corrected chi connectivity index (χ4v) is 6.77.